The molecule has 2 rings (SSSR count). The molecule has 1 aromatic heterocycles. The van der Waals surface area contributed by atoms with E-state index in [0.29, 0.717) is 6.42 Å². The van der Waals surface area contributed by atoms with Crippen molar-refractivity contribution in [2.45, 2.75) is 44.6 Å². The Morgan fingerprint density at radius 2 is 2.33 bits per heavy atom. The Labute approximate surface area is 107 Å². The Kier molecular flexibility index (Phi) is 3.95. The van der Waals surface area contributed by atoms with Crippen LogP contribution in [0.25, 0.3) is 0 Å². The van der Waals surface area contributed by atoms with Crippen molar-refractivity contribution in [3.05, 3.63) is 29.6 Å². The summed E-state index contributed by atoms with van der Waals surface area (Å²) in [6.45, 7) is 2.02. The van der Waals surface area contributed by atoms with Gasteiger partial charge in [0.1, 0.15) is 0 Å². The fraction of sp³-hybridized carbons (Fsp3) is 0.643. The van der Waals surface area contributed by atoms with E-state index in [9.17, 15) is 8.78 Å². The summed E-state index contributed by atoms with van der Waals surface area (Å²) >= 11 is 0. The normalized spacial score (nSPS) is 24.1. The minimum Gasteiger partial charge on any atom is -0.312 e. The van der Waals surface area contributed by atoms with Gasteiger partial charge >= 0.3 is 0 Å². The van der Waals surface area contributed by atoms with Crippen molar-refractivity contribution in [2.24, 2.45) is 5.92 Å². The summed E-state index contributed by atoms with van der Waals surface area (Å²) in [5.74, 6) is -2.36. The van der Waals surface area contributed by atoms with Gasteiger partial charge in [-0.15, -0.1) is 0 Å². The average Bonchev–Trinajstić information content (AvgIpc) is 2.65. The number of nitrogens with one attached hydrogen (secondary N) is 1. The third kappa shape index (κ3) is 3.25. The molecule has 2 atom stereocenters. The summed E-state index contributed by atoms with van der Waals surface area (Å²) in [5.41, 5.74) is 2.10. The Bertz CT molecular complexity index is 407. The molecule has 1 aromatic rings. The van der Waals surface area contributed by atoms with Gasteiger partial charge in [0.25, 0.3) is 0 Å². The van der Waals surface area contributed by atoms with Crippen LogP contribution in [0, 0.1) is 12.8 Å². The number of rotatable bonds is 4. The molecule has 0 bridgehead atoms. The Balaban J connectivity index is 2.02. The smallest absolute Gasteiger partial charge is 0.248 e. The molecule has 18 heavy (non-hydrogen) atoms. The highest BCUT2D eigenvalue weighted by Gasteiger charge is 2.40. The predicted octanol–water partition coefficient (Wildman–Crippen LogP) is 3.48. The quantitative estimate of drug-likeness (QED) is 0.889. The van der Waals surface area contributed by atoms with Gasteiger partial charge in [0, 0.05) is 25.1 Å². The van der Waals surface area contributed by atoms with Crippen molar-refractivity contribution >= 4 is 0 Å². The van der Waals surface area contributed by atoms with E-state index in [2.05, 4.69) is 10.3 Å². The highest BCUT2D eigenvalue weighted by atomic mass is 19.3. The largest absolute Gasteiger partial charge is 0.312 e. The van der Waals surface area contributed by atoms with Crippen LogP contribution in [-0.4, -0.2) is 18.0 Å². The van der Waals surface area contributed by atoms with Gasteiger partial charge in [0.05, 0.1) is 5.69 Å². The van der Waals surface area contributed by atoms with Crippen LogP contribution in [0.1, 0.15) is 43.0 Å². The van der Waals surface area contributed by atoms with Gasteiger partial charge in [-0.3, -0.25) is 4.98 Å². The first-order valence-electron chi connectivity index (χ1n) is 6.48. The highest BCUT2D eigenvalue weighted by Crippen LogP contribution is 2.42. The first-order chi connectivity index (χ1) is 8.50. The van der Waals surface area contributed by atoms with Crippen molar-refractivity contribution in [1.29, 1.82) is 0 Å². The standard InChI is InChI=1S/C14H20F2N2/c1-10-4-6-18-13(7-10)12(17-2)8-11-3-5-14(15,16)9-11/h4,6-7,11-12,17H,3,5,8-9H2,1-2H3. The van der Waals surface area contributed by atoms with Crippen LogP contribution in [0.15, 0.2) is 18.3 Å². The second-order valence-electron chi connectivity index (χ2n) is 5.30. The predicted molar refractivity (Wildman–Crippen MR) is 67.7 cm³/mol. The molecule has 0 aliphatic heterocycles. The van der Waals surface area contributed by atoms with E-state index in [1.807, 2.05) is 26.1 Å². The van der Waals surface area contributed by atoms with Crippen LogP contribution in [-0.2, 0) is 0 Å². The average molecular weight is 254 g/mol. The second-order valence-corrected chi connectivity index (χ2v) is 5.30. The van der Waals surface area contributed by atoms with Gasteiger partial charge < -0.3 is 5.32 Å². The van der Waals surface area contributed by atoms with Gasteiger partial charge in [-0.1, -0.05) is 0 Å². The number of hydrogen-bond acceptors (Lipinski definition) is 2. The molecular formula is C14H20F2N2. The molecule has 0 radical (unpaired) electrons. The van der Waals surface area contributed by atoms with Crippen LogP contribution in [0.4, 0.5) is 8.78 Å². The zero-order valence-electron chi connectivity index (χ0n) is 10.9. The van der Waals surface area contributed by atoms with E-state index in [0.717, 1.165) is 17.7 Å². The lowest BCUT2D eigenvalue weighted by atomic mass is 9.95. The van der Waals surface area contributed by atoms with Crippen LogP contribution in [0.2, 0.25) is 0 Å². The maximum atomic E-state index is 13.2. The summed E-state index contributed by atoms with van der Waals surface area (Å²) in [5, 5.41) is 3.19. The summed E-state index contributed by atoms with van der Waals surface area (Å²) in [6, 6.07) is 4.04. The lowest BCUT2D eigenvalue weighted by Gasteiger charge is -2.20. The zero-order valence-corrected chi connectivity index (χ0v) is 10.9. The maximum Gasteiger partial charge on any atom is 0.248 e. The van der Waals surface area contributed by atoms with Crippen LogP contribution >= 0.6 is 0 Å². The number of aryl methyl sites for hydroxylation is 1. The minimum atomic E-state index is -2.46. The Morgan fingerprint density at radius 3 is 2.89 bits per heavy atom. The number of nitrogens with zero attached hydrogens (tertiary/aromatic N) is 1. The Hall–Kier alpha value is -1.03. The molecule has 0 saturated heterocycles. The van der Waals surface area contributed by atoms with Crippen LogP contribution < -0.4 is 5.32 Å². The summed E-state index contributed by atoms with van der Waals surface area (Å²) in [7, 11) is 1.86. The molecule has 1 heterocycles. The maximum absolute atomic E-state index is 13.2. The van der Waals surface area contributed by atoms with Crippen molar-refractivity contribution in [3.63, 3.8) is 0 Å². The SMILES string of the molecule is CNC(CC1CCC(F)(F)C1)c1cc(C)ccn1. The van der Waals surface area contributed by atoms with E-state index in [-0.39, 0.29) is 24.8 Å². The third-order valence-corrected chi connectivity index (χ3v) is 3.72. The van der Waals surface area contributed by atoms with E-state index in [4.69, 9.17) is 0 Å². The van der Waals surface area contributed by atoms with E-state index < -0.39 is 5.92 Å². The Morgan fingerprint density at radius 1 is 1.56 bits per heavy atom. The first kappa shape index (κ1) is 13.4. The number of alkyl halides is 2. The van der Waals surface area contributed by atoms with Crippen LogP contribution in [0.5, 0.6) is 0 Å². The number of aromatic nitrogens is 1. The lowest BCUT2D eigenvalue weighted by molar-refractivity contribution is 0.00431. The number of pyridine rings is 1. The minimum absolute atomic E-state index is 0.0248. The van der Waals surface area contributed by atoms with Crippen molar-refractivity contribution < 1.29 is 8.78 Å². The highest BCUT2D eigenvalue weighted by molar-refractivity contribution is 5.17. The van der Waals surface area contributed by atoms with Gasteiger partial charge in [0.2, 0.25) is 5.92 Å². The first-order valence-corrected chi connectivity index (χ1v) is 6.48. The molecular weight excluding hydrogens is 234 g/mol. The van der Waals surface area contributed by atoms with Gasteiger partial charge in [-0.05, 0) is 50.4 Å². The fourth-order valence-corrected chi connectivity index (χ4v) is 2.71. The molecule has 2 nitrogen and oxygen atoms in total. The zero-order chi connectivity index (χ0) is 13.2. The fourth-order valence-electron chi connectivity index (χ4n) is 2.71. The third-order valence-electron chi connectivity index (χ3n) is 3.72. The molecule has 1 N–H and O–H groups in total. The molecule has 0 aromatic carbocycles. The summed E-state index contributed by atoms with van der Waals surface area (Å²) < 4.78 is 26.4. The van der Waals surface area contributed by atoms with Crippen molar-refractivity contribution in [3.8, 4) is 0 Å². The molecule has 1 fully saturated rings. The molecule has 1 aliphatic rings. The van der Waals surface area contributed by atoms with E-state index >= 15 is 0 Å². The lowest BCUT2D eigenvalue weighted by Crippen LogP contribution is -2.21. The van der Waals surface area contributed by atoms with Crippen LogP contribution in [0.3, 0.4) is 0 Å². The molecule has 4 heteroatoms. The second kappa shape index (κ2) is 5.31. The number of hydrogen-bond donors (Lipinski definition) is 1. The molecule has 1 aliphatic carbocycles. The molecule has 1 saturated carbocycles. The van der Waals surface area contributed by atoms with Crippen molar-refractivity contribution in [2.75, 3.05) is 7.05 Å². The van der Waals surface area contributed by atoms with Gasteiger partial charge in [0.15, 0.2) is 0 Å². The van der Waals surface area contributed by atoms with Gasteiger partial charge in [-0.2, -0.15) is 0 Å². The summed E-state index contributed by atoms with van der Waals surface area (Å²) in [6.07, 6.45) is 3.20. The topological polar surface area (TPSA) is 24.9 Å². The molecule has 0 amide bonds. The van der Waals surface area contributed by atoms with Gasteiger partial charge in [-0.25, -0.2) is 8.78 Å². The van der Waals surface area contributed by atoms with E-state index in [1.54, 1.807) is 6.20 Å². The molecule has 2 unspecified atom stereocenters. The van der Waals surface area contributed by atoms with Crippen molar-refractivity contribution in [1.82, 2.24) is 10.3 Å². The molecule has 0 spiro atoms. The monoisotopic (exact) mass is 254 g/mol. The summed E-state index contributed by atoms with van der Waals surface area (Å²) in [4.78, 5) is 4.34. The van der Waals surface area contributed by atoms with E-state index in [1.165, 1.54) is 0 Å². The number of halogens is 2. The molecule has 100 valence electrons.